The Morgan fingerprint density at radius 1 is 0.674 bits per heavy atom. The number of para-hydroxylation sites is 1. The van der Waals surface area contributed by atoms with Gasteiger partial charge >= 0.3 is 0 Å². The molecule has 4 aromatic carbocycles. The van der Waals surface area contributed by atoms with Crippen LogP contribution in [0.15, 0.2) is 122 Å². The first-order valence-electron chi connectivity index (χ1n) is 14.7. The average Bonchev–Trinajstić information content (AvgIpc) is 3.49. The second-order valence-corrected chi connectivity index (χ2v) is 11.9. The van der Waals surface area contributed by atoms with E-state index in [0.29, 0.717) is 0 Å². The Hall–Kier alpha value is -5.62. The number of pyridine rings is 2. The smallest absolute Gasteiger partial charge is 0.288 e. The molecule has 0 saturated carbocycles. The fraction of sp³-hybridized carbons (Fsp3) is 0.0811. The first-order valence-corrected chi connectivity index (χ1v) is 14.7. The monoisotopic (exact) mass is 554 g/mol. The van der Waals surface area contributed by atoms with Crippen molar-refractivity contribution >= 4 is 34.4 Å². The van der Waals surface area contributed by atoms with Crippen molar-refractivity contribution in [2.45, 2.75) is 11.7 Å². The van der Waals surface area contributed by atoms with E-state index >= 15 is 0 Å². The standard InChI is InChI=1S/C37H24N5O/c1-39-28-15-9-20-38-35(28)42-27-14-8-16-29-32(27)37(36(39)42)33-30(43-29)19-18-25-23-11-3-2-10-22(23)24-12-4-5-13-26(24)41(34(25)33)31-17-6-7-21-40(31)37/h2-21,36H,1H3/q+1. The van der Waals surface area contributed by atoms with Gasteiger partial charge in [-0.25, -0.2) is 9.55 Å². The Kier molecular flexibility index (Phi) is 3.70. The van der Waals surface area contributed by atoms with Crippen molar-refractivity contribution in [2.24, 2.45) is 0 Å². The Balaban J connectivity index is 1.37. The molecule has 5 aliphatic heterocycles. The molecule has 0 saturated heterocycles. The van der Waals surface area contributed by atoms with Crippen LogP contribution in [0.3, 0.4) is 0 Å². The summed E-state index contributed by atoms with van der Waals surface area (Å²) in [6, 6.07) is 39.3. The quantitative estimate of drug-likeness (QED) is 0.180. The third-order valence-electron chi connectivity index (χ3n) is 10.1. The van der Waals surface area contributed by atoms with Gasteiger partial charge in [0.25, 0.3) is 5.82 Å². The fourth-order valence-corrected chi connectivity index (χ4v) is 8.64. The lowest BCUT2D eigenvalue weighted by Gasteiger charge is -2.46. The topological polar surface area (TPSA) is 35.7 Å². The van der Waals surface area contributed by atoms with Gasteiger partial charge in [-0.3, -0.25) is 4.90 Å². The van der Waals surface area contributed by atoms with E-state index in [9.17, 15) is 0 Å². The fourth-order valence-electron chi connectivity index (χ4n) is 8.64. The normalized spacial score (nSPS) is 20.1. The molecule has 0 amide bonds. The highest BCUT2D eigenvalue weighted by molar-refractivity contribution is 6.05. The van der Waals surface area contributed by atoms with Crippen LogP contribution in [0.2, 0.25) is 0 Å². The predicted octanol–water partition coefficient (Wildman–Crippen LogP) is 7.62. The van der Waals surface area contributed by atoms with Crippen LogP contribution in [0.1, 0.15) is 11.1 Å². The molecule has 7 heterocycles. The van der Waals surface area contributed by atoms with Crippen molar-refractivity contribution < 1.29 is 9.30 Å². The molecule has 202 valence electrons. The Morgan fingerprint density at radius 2 is 1.42 bits per heavy atom. The molecule has 5 aliphatic rings. The number of hydrogen-bond acceptors (Lipinski definition) is 5. The highest BCUT2D eigenvalue weighted by Gasteiger charge is 2.70. The number of aromatic nitrogens is 2. The van der Waals surface area contributed by atoms with Gasteiger partial charge in [0.05, 0.1) is 28.7 Å². The van der Waals surface area contributed by atoms with Crippen LogP contribution >= 0.6 is 0 Å². The molecular formula is C37H24N5O+. The van der Waals surface area contributed by atoms with Gasteiger partial charge in [-0.1, -0.05) is 54.6 Å². The summed E-state index contributed by atoms with van der Waals surface area (Å²) >= 11 is 0. The van der Waals surface area contributed by atoms with Gasteiger partial charge in [-0.05, 0) is 59.7 Å². The number of ether oxygens (including phenoxy) is 1. The van der Waals surface area contributed by atoms with Crippen LogP contribution in [0, 0.1) is 0 Å². The van der Waals surface area contributed by atoms with Crippen LogP contribution in [-0.4, -0.2) is 18.2 Å². The van der Waals surface area contributed by atoms with E-state index in [1.54, 1.807) is 0 Å². The third-order valence-corrected chi connectivity index (χ3v) is 10.1. The molecule has 0 fully saturated rings. The summed E-state index contributed by atoms with van der Waals surface area (Å²) < 4.78 is 9.40. The molecule has 1 spiro atoms. The van der Waals surface area contributed by atoms with Crippen LogP contribution in [0.5, 0.6) is 11.5 Å². The van der Waals surface area contributed by atoms with Crippen LogP contribution in [0.25, 0.3) is 22.3 Å². The van der Waals surface area contributed by atoms with Crippen LogP contribution in [0.4, 0.5) is 34.4 Å². The molecule has 6 aromatic rings. The number of nitrogens with zero attached hydrogens (tertiary/aromatic N) is 5. The number of fused-ring (bicyclic) bond motifs is 11. The summed E-state index contributed by atoms with van der Waals surface area (Å²) in [4.78, 5) is 12.3. The second-order valence-electron chi connectivity index (χ2n) is 11.9. The summed E-state index contributed by atoms with van der Waals surface area (Å²) in [6.07, 6.45) is 4.07. The number of rotatable bonds is 0. The van der Waals surface area contributed by atoms with E-state index < -0.39 is 5.54 Å². The number of hydrogen-bond donors (Lipinski definition) is 0. The van der Waals surface area contributed by atoms with Crippen molar-refractivity contribution in [2.75, 3.05) is 21.7 Å². The van der Waals surface area contributed by atoms with Gasteiger partial charge in [-0.2, -0.15) is 4.90 Å². The predicted molar refractivity (Wildman–Crippen MR) is 167 cm³/mol. The number of anilines is 6. The summed E-state index contributed by atoms with van der Waals surface area (Å²) in [5.41, 5.74) is 11.3. The first-order chi connectivity index (χ1) is 21.3. The van der Waals surface area contributed by atoms with Crippen LogP contribution < -0.4 is 24.0 Å². The molecule has 0 bridgehead atoms. The van der Waals surface area contributed by atoms with Crippen molar-refractivity contribution in [3.63, 3.8) is 0 Å². The highest BCUT2D eigenvalue weighted by atomic mass is 16.5. The lowest BCUT2D eigenvalue weighted by molar-refractivity contribution is -0.735. The van der Waals surface area contributed by atoms with Gasteiger partial charge in [-0.15, -0.1) is 0 Å². The molecule has 0 radical (unpaired) electrons. The minimum Gasteiger partial charge on any atom is -0.456 e. The number of benzene rings is 4. The van der Waals surface area contributed by atoms with Crippen LogP contribution in [-0.2, 0) is 5.54 Å². The zero-order chi connectivity index (χ0) is 28.0. The molecule has 6 nitrogen and oxygen atoms in total. The van der Waals surface area contributed by atoms with E-state index in [1.807, 2.05) is 12.3 Å². The third kappa shape index (κ3) is 2.28. The average molecular weight is 555 g/mol. The van der Waals surface area contributed by atoms with E-state index in [1.165, 1.54) is 39.1 Å². The van der Waals surface area contributed by atoms with E-state index in [2.05, 4.69) is 136 Å². The van der Waals surface area contributed by atoms with Gasteiger partial charge in [0.2, 0.25) is 5.54 Å². The summed E-state index contributed by atoms with van der Waals surface area (Å²) in [7, 11) is 2.21. The summed E-state index contributed by atoms with van der Waals surface area (Å²) in [5.74, 6) is 3.89. The summed E-state index contributed by atoms with van der Waals surface area (Å²) in [6.45, 7) is 0. The number of likely N-dealkylation sites (N-methyl/N-ethyl adjacent to an activating group) is 1. The van der Waals surface area contributed by atoms with E-state index in [-0.39, 0.29) is 6.17 Å². The molecule has 0 N–H and O–H groups in total. The largest absolute Gasteiger partial charge is 0.456 e. The van der Waals surface area contributed by atoms with Crippen molar-refractivity contribution in [3.05, 3.63) is 133 Å². The lowest BCUT2D eigenvalue weighted by atomic mass is 9.74. The summed E-state index contributed by atoms with van der Waals surface area (Å²) in [5, 5.41) is 0. The Bertz CT molecular complexity index is 2240. The SMILES string of the molecule is CN1c2cccnc2N2c3cccc4c3C3(c5c(ccc6c5N(c5ccccc5-c5ccccc5-6)c5cccc[n+]53)O4)C12. The minimum atomic E-state index is -0.609. The maximum absolute atomic E-state index is 6.90. The van der Waals surface area contributed by atoms with Gasteiger partial charge in [0.1, 0.15) is 17.2 Å². The molecule has 2 aromatic heterocycles. The Morgan fingerprint density at radius 3 is 2.33 bits per heavy atom. The zero-order valence-electron chi connectivity index (χ0n) is 23.3. The zero-order valence-corrected chi connectivity index (χ0v) is 23.3. The maximum Gasteiger partial charge on any atom is 0.288 e. The Labute approximate surface area is 248 Å². The van der Waals surface area contributed by atoms with Gasteiger partial charge in [0.15, 0.2) is 17.7 Å². The molecule has 6 heteroatoms. The maximum atomic E-state index is 6.90. The molecule has 43 heavy (non-hydrogen) atoms. The van der Waals surface area contributed by atoms with Gasteiger partial charge in [0, 0.05) is 30.4 Å². The van der Waals surface area contributed by atoms with Gasteiger partial charge < -0.3 is 9.64 Å². The molecule has 2 unspecified atom stereocenters. The van der Waals surface area contributed by atoms with E-state index in [0.717, 1.165) is 40.2 Å². The first kappa shape index (κ1) is 22.0. The molecule has 11 rings (SSSR count). The minimum absolute atomic E-state index is 0.0928. The van der Waals surface area contributed by atoms with Crippen molar-refractivity contribution in [1.29, 1.82) is 0 Å². The van der Waals surface area contributed by atoms with E-state index in [4.69, 9.17) is 9.72 Å². The molecule has 0 aliphatic carbocycles. The van der Waals surface area contributed by atoms with Crippen molar-refractivity contribution in [3.8, 4) is 33.8 Å². The van der Waals surface area contributed by atoms with Crippen molar-refractivity contribution in [1.82, 2.24) is 4.98 Å². The molecule has 2 atom stereocenters. The lowest BCUT2D eigenvalue weighted by Crippen LogP contribution is -2.70. The molecular weight excluding hydrogens is 530 g/mol. The highest BCUT2D eigenvalue weighted by Crippen LogP contribution is 2.68. The second kappa shape index (κ2) is 7.23.